The number of pyridine rings is 1. The van der Waals surface area contributed by atoms with E-state index in [2.05, 4.69) is 16.4 Å². The van der Waals surface area contributed by atoms with E-state index in [1.165, 1.54) is 11.1 Å². The fourth-order valence-electron chi connectivity index (χ4n) is 1.49. The molecule has 0 unspecified atom stereocenters. The van der Waals surface area contributed by atoms with E-state index >= 15 is 0 Å². The molecule has 1 heterocycles. The molecule has 1 aromatic heterocycles. The van der Waals surface area contributed by atoms with Crippen molar-refractivity contribution >= 4 is 17.3 Å². The van der Waals surface area contributed by atoms with Gasteiger partial charge in [0.1, 0.15) is 0 Å². The van der Waals surface area contributed by atoms with E-state index in [9.17, 15) is 0 Å². The molecule has 0 fully saturated rings. The van der Waals surface area contributed by atoms with E-state index < -0.39 is 0 Å². The van der Waals surface area contributed by atoms with E-state index in [-0.39, 0.29) is 0 Å². The van der Waals surface area contributed by atoms with Crippen molar-refractivity contribution in [3.63, 3.8) is 0 Å². The van der Waals surface area contributed by atoms with Crippen molar-refractivity contribution in [2.24, 2.45) is 0 Å². The fourth-order valence-corrected chi connectivity index (χ4v) is 1.61. The Morgan fingerprint density at radius 3 is 2.62 bits per heavy atom. The maximum Gasteiger partial charge on any atom is 0.0416 e. The van der Waals surface area contributed by atoms with E-state index in [0.29, 0.717) is 0 Å². The largest absolute Gasteiger partial charge is 0.381 e. The van der Waals surface area contributed by atoms with Crippen LogP contribution in [0, 0.1) is 6.92 Å². The van der Waals surface area contributed by atoms with Crippen LogP contribution in [0.1, 0.15) is 11.1 Å². The van der Waals surface area contributed by atoms with Gasteiger partial charge in [-0.25, -0.2) is 0 Å². The van der Waals surface area contributed by atoms with E-state index in [4.69, 9.17) is 11.6 Å². The van der Waals surface area contributed by atoms with Gasteiger partial charge in [-0.1, -0.05) is 17.7 Å². The first-order chi connectivity index (χ1) is 7.74. The van der Waals surface area contributed by atoms with Crippen LogP contribution in [0.2, 0.25) is 5.02 Å². The molecule has 82 valence electrons. The van der Waals surface area contributed by atoms with Crippen LogP contribution in [0.25, 0.3) is 0 Å². The van der Waals surface area contributed by atoms with Gasteiger partial charge in [0, 0.05) is 29.6 Å². The second-order valence-corrected chi connectivity index (χ2v) is 4.17. The maximum absolute atomic E-state index is 5.81. The summed E-state index contributed by atoms with van der Waals surface area (Å²) < 4.78 is 0. The molecule has 0 atom stereocenters. The van der Waals surface area contributed by atoms with Gasteiger partial charge in [0.15, 0.2) is 0 Å². The Hall–Kier alpha value is -1.54. The summed E-state index contributed by atoms with van der Waals surface area (Å²) in [7, 11) is 0. The third-order valence-electron chi connectivity index (χ3n) is 2.27. The first kappa shape index (κ1) is 11.0. The van der Waals surface area contributed by atoms with Crippen LogP contribution in [0.5, 0.6) is 0 Å². The maximum atomic E-state index is 5.81. The summed E-state index contributed by atoms with van der Waals surface area (Å²) in [5.74, 6) is 0. The summed E-state index contributed by atoms with van der Waals surface area (Å²) in [6.07, 6.45) is 3.72. The lowest BCUT2D eigenvalue weighted by Gasteiger charge is -2.06. The van der Waals surface area contributed by atoms with E-state index in [1.807, 2.05) is 43.6 Å². The van der Waals surface area contributed by atoms with Gasteiger partial charge < -0.3 is 5.32 Å². The van der Waals surface area contributed by atoms with Crippen molar-refractivity contribution in [1.82, 2.24) is 4.98 Å². The molecule has 0 aliphatic carbocycles. The van der Waals surface area contributed by atoms with Crippen LogP contribution >= 0.6 is 11.6 Å². The Balaban J connectivity index is 1.99. The monoisotopic (exact) mass is 232 g/mol. The Labute approximate surface area is 100 Å². The van der Waals surface area contributed by atoms with Crippen molar-refractivity contribution in [3.8, 4) is 0 Å². The minimum atomic E-state index is 0.753. The van der Waals surface area contributed by atoms with Crippen molar-refractivity contribution in [3.05, 3.63) is 58.9 Å². The number of hydrogen-bond acceptors (Lipinski definition) is 2. The molecule has 0 saturated carbocycles. The molecular formula is C13H13ClN2. The van der Waals surface area contributed by atoms with Crippen molar-refractivity contribution in [2.45, 2.75) is 13.5 Å². The molecule has 1 aromatic carbocycles. The van der Waals surface area contributed by atoms with Crippen molar-refractivity contribution in [2.75, 3.05) is 5.32 Å². The highest BCUT2D eigenvalue weighted by atomic mass is 35.5. The molecule has 0 spiro atoms. The molecule has 3 heteroatoms. The number of hydrogen-bond donors (Lipinski definition) is 1. The number of nitrogens with zero attached hydrogens (tertiary/aromatic N) is 1. The number of aromatic nitrogens is 1. The van der Waals surface area contributed by atoms with Crippen LogP contribution in [-0.4, -0.2) is 4.98 Å². The lowest BCUT2D eigenvalue weighted by molar-refractivity contribution is 1.10. The van der Waals surface area contributed by atoms with Gasteiger partial charge in [-0.3, -0.25) is 4.98 Å². The minimum absolute atomic E-state index is 0.753. The number of benzene rings is 1. The van der Waals surface area contributed by atoms with Gasteiger partial charge >= 0.3 is 0 Å². The molecule has 2 rings (SSSR count). The third kappa shape index (κ3) is 2.97. The Morgan fingerprint density at radius 1 is 1.19 bits per heavy atom. The summed E-state index contributed by atoms with van der Waals surface area (Å²) in [4.78, 5) is 4.15. The normalized spacial score (nSPS) is 10.1. The van der Waals surface area contributed by atoms with Crippen molar-refractivity contribution < 1.29 is 0 Å². The molecule has 16 heavy (non-hydrogen) atoms. The summed E-state index contributed by atoms with van der Waals surface area (Å²) in [6.45, 7) is 2.81. The number of aryl methyl sites for hydroxylation is 1. The molecule has 0 bridgehead atoms. The highest BCUT2D eigenvalue weighted by Crippen LogP contribution is 2.14. The lowest BCUT2D eigenvalue weighted by atomic mass is 10.2. The number of halogens is 1. The van der Waals surface area contributed by atoms with Gasteiger partial charge in [-0.2, -0.15) is 0 Å². The highest BCUT2D eigenvalue weighted by molar-refractivity contribution is 6.30. The fraction of sp³-hybridized carbons (Fsp3) is 0.154. The molecule has 1 N–H and O–H groups in total. The average Bonchev–Trinajstić information content (AvgIpc) is 2.28. The summed E-state index contributed by atoms with van der Waals surface area (Å²) in [6, 6.07) is 9.80. The van der Waals surface area contributed by atoms with Crippen LogP contribution in [0.4, 0.5) is 5.69 Å². The Morgan fingerprint density at radius 2 is 1.94 bits per heavy atom. The molecule has 0 radical (unpaired) electrons. The standard InChI is InChI=1S/C13H13ClN2/c1-10-6-11(8-15-7-10)9-16-13-4-2-12(14)3-5-13/h2-8,16H,9H2,1H3. The third-order valence-corrected chi connectivity index (χ3v) is 2.52. The molecule has 0 aliphatic heterocycles. The van der Waals surface area contributed by atoms with Gasteiger partial charge in [0.2, 0.25) is 0 Å². The topological polar surface area (TPSA) is 24.9 Å². The number of nitrogens with one attached hydrogen (secondary N) is 1. The summed E-state index contributed by atoms with van der Waals surface area (Å²) in [5.41, 5.74) is 3.41. The SMILES string of the molecule is Cc1cncc(CNc2ccc(Cl)cc2)c1. The summed E-state index contributed by atoms with van der Waals surface area (Å²) >= 11 is 5.81. The quantitative estimate of drug-likeness (QED) is 0.874. The van der Waals surface area contributed by atoms with Crippen LogP contribution in [0.3, 0.4) is 0 Å². The minimum Gasteiger partial charge on any atom is -0.381 e. The van der Waals surface area contributed by atoms with Crippen LogP contribution in [0.15, 0.2) is 42.7 Å². The van der Waals surface area contributed by atoms with Gasteiger partial charge in [-0.05, 0) is 42.3 Å². The molecular weight excluding hydrogens is 220 g/mol. The Bertz CT molecular complexity index is 466. The zero-order valence-electron chi connectivity index (χ0n) is 9.07. The second-order valence-electron chi connectivity index (χ2n) is 3.73. The van der Waals surface area contributed by atoms with Crippen molar-refractivity contribution in [1.29, 1.82) is 0 Å². The summed E-state index contributed by atoms with van der Waals surface area (Å²) in [5, 5.41) is 4.07. The predicted molar refractivity (Wildman–Crippen MR) is 67.8 cm³/mol. The molecule has 0 amide bonds. The van der Waals surface area contributed by atoms with Crippen LogP contribution < -0.4 is 5.32 Å². The first-order valence-corrected chi connectivity index (χ1v) is 5.52. The first-order valence-electron chi connectivity index (χ1n) is 5.14. The van der Waals surface area contributed by atoms with E-state index in [0.717, 1.165) is 17.3 Å². The predicted octanol–water partition coefficient (Wildman–Crippen LogP) is 3.66. The van der Waals surface area contributed by atoms with Gasteiger partial charge in [0.05, 0.1) is 0 Å². The molecule has 2 aromatic rings. The van der Waals surface area contributed by atoms with E-state index in [1.54, 1.807) is 0 Å². The number of rotatable bonds is 3. The number of anilines is 1. The van der Waals surface area contributed by atoms with Gasteiger partial charge in [-0.15, -0.1) is 0 Å². The molecule has 2 nitrogen and oxygen atoms in total. The zero-order chi connectivity index (χ0) is 11.4. The average molecular weight is 233 g/mol. The van der Waals surface area contributed by atoms with Crippen LogP contribution in [-0.2, 0) is 6.54 Å². The highest BCUT2D eigenvalue weighted by Gasteiger charge is 1.95. The smallest absolute Gasteiger partial charge is 0.0416 e. The zero-order valence-corrected chi connectivity index (χ0v) is 9.83. The lowest BCUT2D eigenvalue weighted by Crippen LogP contribution is -1.99. The molecule has 0 saturated heterocycles. The Kier molecular flexibility index (Phi) is 3.42. The second kappa shape index (κ2) is 4.99. The molecule has 0 aliphatic rings. The van der Waals surface area contributed by atoms with Gasteiger partial charge in [0.25, 0.3) is 0 Å².